The predicted octanol–water partition coefficient (Wildman–Crippen LogP) is 4.00. The average Bonchev–Trinajstić information content (AvgIpc) is 3.33. The van der Waals surface area contributed by atoms with Crippen molar-refractivity contribution in [3.8, 4) is 5.75 Å². The molecule has 1 aliphatic carbocycles. The van der Waals surface area contributed by atoms with E-state index in [1.165, 1.54) is 24.6 Å². The molecule has 28 heavy (non-hydrogen) atoms. The zero-order valence-corrected chi connectivity index (χ0v) is 16.9. The minimum atomic E-state index is -0.398. The number of anilines is 2. The van der Waals surface area contributed by atoms with Crippen LogP contribution in [0.5, 0.6) is 5.75 Å². The third-order valence-corrected chi connectivity index (χ3v) is 5.60. The number of thioether (sulfide) groups is 1. The first-order valence-electron chi connectivity index (χ1n) is 9.42. The number of carbonyl (C=O) groups is 2. The lowest BCUT2D eigenvalue weighted by atomic mass is 10.2. The van der Waals surface area contributed by atoms with E-state index >= 15 is 0 Å². The van der Waals surface area contributed by atoms with Gasteiger partial charge in [0.1, 0.15) is 11.5 Å². The first-order valence-corrected chi connectivity index (χ1v) is 10.5. The molecular weight excluding hydrogens is 378 g/mol. The largest absolute Gasteiger partial charge is 0.490 e. The van der Waals surface area contributed by atoms with E-state index in [9.17, 15) is 9.59 Å². The summed E-state index contributed by atoms with van der Waals surface area (Å²) >= 11 is 1.26. The molecule has 0 aliphatic heterocycles. The Labute approximate surface area is 168 Å². The highest BCUT2D eigenvalue weighted by molar-refractivity contribution is 8.01. The topological polar surface area (TPSA) is 93.5 Å². The number of hydrogen-bond donors (Lipinski definition) is 2. The van der Waals surface area contributed by atoms with Crippen LogP contribution in [0.4, 0.5) is 11.5 Å². The van der Waals surface area contributed by atoms with Gasteiger partial charge in [-0.1, -0.05) is 5.16 Å². The van der Waals surface area contributed by atoms with E-state index in [0.717, 1.165) is 18.6 Å². The lowest BCUT2D eigenvalue weighted by Crippen LogP contribution is -2.25. The molecular formula is C20H25N3O4S. The molecule has 0 unspecified atom stereocenters. The molecule has 0 bridgehead atoms. The van der Waals surface area contributed by atoms with Gasteiger partial charge >= 0.3 is 0 Å². The first kappa shape index (κ1) is 20.3. The van der Waals surface area contributed by atoms with Crippen LogP contribution in [0.1, 0.15) is 38.4 Å². The smallest absolute Gasteiger partial charge is 0.238 e. The molecule has 1 aromatic heterocycles. The second kappa shape index (κ2) is 9.64. The van der Waals surface area contributed by atoms with E-state index in [0.29, 0.717) is 23.4 Å². The minimum absolute atomic E-state index is 0.161. The molecule has 150 valence electrons. The van der Waals surface area contributed by atoms with Crippen LogP contribution in [0, 0.1) is 6.92 Å². The fourth-order valence-corrected chi connectivity index (χ4v) is 3.63. The van der Waals surface area contributed by atoms with Crippen molar-refractivity contribution >= 4 is 35.1 Å². The molecule has 2 N–H and O–H groups in total. The zero-order chi connectivity index (χ0) is 19.9. The molecule has 7 nitrogen and oxygen atoms in total. The number of aryl methyl sites for hydroxylation is 1. The summed E-state index contributed by atoms with van der Waals surface area (Å²) in [6, 6.07) is 9.04. The molecule has 2 aromatic rings. The van der Waals surface area contributed by atoms with E-state index in [2.05, 4.69) is 15.8 Å². The van der Waals surface area contributed by atoms with E-state index < -0.39 is 5.25 Å². The quantitative estimate of drug-likeness (QED) is 0.692. The maximum Gasteiger partial charge on any atom is 0.238 e. The van der Waals surface area contributed by atoms with Crippen molar-refractivity contribution in [2.24, 2.45) is 0 Å². The van der Waals surface area contributed by atoms with Crippen molar-refractivity contribution in [1.29, 1.82) is 0 Å². The van der Waals surface area contributed by atoms with Crippen molar-refractivity contribution in [2.75, 3.05) is 16.4 Å². The van der Waals surface area contributed by atoms with Gasteiger partial charge in [-0.25, -0.2) is 0 Å². The number of nitrogens with zero attached hydrogens (tertiary/aromatic N) is 1. The molecule has 1 fully saturated rings. The number of amides is 2. The van der Waals surface area contributed by atoms with Gasteiger partial charge in [-0.05, 0) is 63.8 Å². The molecule has 0 radical (unpaired) electrons. The number of nitrogens with one attached hydrogen (secondary N) is 2. The predicted molar refractivity (Wildman–Crippen MR) is 110 cm³/mol. The highest BCUT2D eigenvalue weighted by atomic mass is 32.2. The van der Waals surface area contributed by atoms with Gasteiger partial charge in [0.25, 0.3) is 0 Å². The van der Waals surface area contributed by atoms with E-state index in [1.807, 2.05) is 24.3 Å². The molecule has 1 atom stereocenters. The Morgan fingerprint density at radius 1 is 1.25 bits per heavy atom. The second-order valence-corrected chi connectivity index (χ2v) is 8.19. The summed E-state index contributed by atoms with van der Waals surface area (Å²) in [6.45, 7) is 3.49. The number of carbonyl (C=O) groups excluding carboxylic acids is 2. The molecule has 1 aromatic carbocycles. The normalized spacial score (nSPS) is 15.2. The Bertz CT molecular complexity index is 800. The van der Waals surface area contributed by atoms with E-state index in [4.69, 9.17) is 9.26 Å². The van der Waals surface area contributed by atoms with Crippen molar-refractivity contribution in [3.05, 3.63) is 36.1 Å². The van der Waals surface area contributed by atoms with Gasteiger partial charge in [-0.2, -0.15) is 0 Å². The summed E-state index contributed by atoms with van der Waals surface area (Å²) in [5.41, 5.74) is 0.708. The maximum atomic E-state index is 12.1. The van der Waals surface area contributed by atoms with Crippen LogP contribution in [0.15, 0.2) is 34.9 Å². The number of ether oxygens (including phenoxy) is 1. The van der Waals surface area contributed by atoms with Crippen molar-refractivity contribution in [2.45, 2.75) is 50.9 Å². The van der Waals surface area contributed by atoms with Gasteiger partial charge in [0.2, 0.25) is 11.8 Å². The van der Waals surface area contributed by atoms with Gasteiger partial charge in [-0.15, -0.1) is 11.8 Å². The van der Waals surface area contributed by atoms with Crippen LogP contribution in [0.25, 0.3) is 0 Å². The van der Waals surface area contributed by atoms with E-state index in [1.54, 1.807) is 19.9 Å². The van der Waals surface area contributed by atoms with Crippen LogP contribution in [0.2, 0.25) is 0 Å². The van der Waals surface area contributed by atoms with Crippen molar-refractivity contribution in [3.63, 3.8) is 0 Å². The highest BCUT2D eigenvalue weighted by Crippen LogP contribution is 2.25. The standard InChI is InChI=1S/C20H25N3O4S/c1-13-11-18(23-27-13)22-20(25)14(2)28-12-19(24)21-15-7-9-17(10-8-15)26-16-5-3-4-6-16/h7-11,14,16H,3-6,12H2,1-2H3,(H,21,24)(H,22,23,25)/t14-/m0/s1. The van der Waals surface area contributed by atoms with Crippen LogP contribution >= 0.6 is 11.8 Å². The molecule has 0 spiro atoms. The van der Waals surface area contributed by atoms with Crippen LogP contribution in [-0.4, -0.2) is 34.1 Å². The Morgan fingerprint density at radius 2 is 1.96 bits per heavy atom. The summed E-state index contributed by atoms with van der Waals surface area (Å²) in [4.78, 5) is 24.3. The van der Waals surface area contributed by atoms with Gasteiger partial charge in [0.15, 0.2) is 5.82 Å². The van der Waals surface area contributed by atoms with Crippen LogP contribution < -0.4 is 15.4 Å². The Hall–Kier alpha value is -2.48. The molecule has 2 amide bonds. The molecule has 0 saturated heterocycles. The minimum Gasteiger partial charge on any atom is -0.490 e. The number of aromatic nitrogens is 1. The summed E-state index contributed by atoms with van der Waals surface area (Å²) in [5, 5.41) is 8.82. The van der Waals surface area contributed by atoms with E-state index in [-0.39, 0.29) is 17.6 Å². The lowest BCUT2D eigenvalue weighted by molar-refractivity contribution is -0.115. The van der Waals surface area contributed by atoms with Crippen molar-refractivity contribution in [1.82, 2.24) is 5.16 Å². The number of benzene rings is 1. The fraction of sp³-hybridized carbons (Fsp3) is 0.450. The molecule has 3 rings (SSSR count). The number of hydrogen-bond acceptors (Lipinski definition) is 6. The summed E-state index contributed by atoms with van der Waals surface area (Å²) in [5.74, 6) is 1.61. The summed E-state index contributed by atoms with van der Waals surface area (Å²) in [7, 11) is 0. The maximum absolute atomic E-state index is 12.1. The van der Waals surface area contributed by atoms with Gasteiger partial charge in [0, 0.05) is 11.8 Å². The molecule has 8 heteroatoms. The van der Waals surface area contributed by atoms with Gasteiger partial charge < -0.3 is 19.9 Å². The van der Waals surface area contributed by atoms with Crippen molar-refractivity contribution < 1.29 is 18.8 Å². The summed E-state index contributed by atoms with van der Waals surface area (Å²) in [6.07, 6.45) is 4.98. The third-order valence-electron chi connectivity index (χ3n) is 4.46. The van der Waals surface area contributed by atoms with Gasteiger partial charge in [0.05, 0.1) is 17.1 Å². The average molecular weight is 404 g/mol. The highest BCUT2D eigenvalue weighted by Gasteiger charge is 2.18. The van der Waals surface area contributed by atoms with Gasteiger partial charge in [-0.3, -0.25) is 9.59 Å². The SMILES string of the molecule is Cc1cc(NC(=O)[C@H](C)SCC(=O)Nc2ccc(OC3CCCC3)cc2)no1. The Kier molecular flexibility index (Phi) is 6.97. The Morgan fingerprint density at radius 3 is 2.61 bits per heavy atom. The van der Waals surface area contributed by atoms with Crippen LogP contribution in [-0.2, 0) is 9.59 Å². The summed E-state index contributed by atoms with van der Waals surface area (Å²) < 4.78 is 10.8. The lowest BCUT2D eigenvalue weighted by Gasteiger charge is -2.14. The zero-order valence-electron chi connectivity index (χ0n) is 16.1. The Balaban J connectivity index is 1.40. The van der Waals surface area contributed by atoms with Crippen LogP contribution in [0.3, 0.4) is 0 Å². The third kappa shape index (κ3) is 6.02. The fourth-order valence-electron chi connectivity index (χ4n) is 2.94. The molecule has 1 saturated carbocycles. The molecule has 1 aliphatic rings. The first-order chi connectivity index (χ1) is 13.5. The number of rotatable bonds is 8. The second-order valence-electron chi connectivity index (χ2n) is 6.86. The molecule has 1 heterocycles. The monoisotopic (exact) mass is 403 g/mol.